The zero-order valence-electron chi connectivity index (χ0n) is 9.19. The number of piperidine rings is 1. The molecule has 0 radical (unpaired) electrons. The summed E-state index contributed by atoms with van der Waals surface area (Å²) in [4.78, 5) is 13.5. The Hall–Kier alpha value is -1.31. The molecule has 0 aromatic heterocycles. The quantitative estimate of drug-likeness (QED) is 0.392. The first-order valence-electron chi connectivity index (χ1n) is 5.57. The standard InChI is InChI=1S/C13H19NO/c1-2-3-4-5-7-10-13(15)14-11-8-6-9-12-14/h2,4-5,7,10H,1,3,6,8-9,11-12H2/b5-4+,10-7+. The number of hydrogen-bond donors (Lipinski definition) is 0. The molecule has 1 aliphatic heterocycles. The zero-order chi connectivity index (χ0) is 10.9. The van der Waals surface area contributed by atoms with Crippen LogP contribution in [0.1, 0.15) is 25.7 Å². The lowest BCUT2D eigenvalue weighted by Crippen LogP contribution is -2.34. The number of nitrogens with zero attached hydrogens (tertiary/aromatic N) is 1. The number of allylic oxidation sites excluding steroid dienone is 4. The van der Waals surface area contributed by atoms with Gasteiger partial charge in [0.25, 0.3) is 0 Å². The van der Waals surface area contributed by atoms with Gasteiger partial charge in [-0.2, -0.15) is 0 Å². The molecular formula is C13H19NO. The van der Waals surface area contributed by atoms with E-state index in [1.54, 1.807) is 12.2 Å². The van der Waals surface area contributed by atoms with Crippen LogP contribution in [0.5, 0.6) is 0 Å². The molecule has 2 heteroatoms. The lowest BCUT2D eigenvalue weighted by atomic mass is 10.1. The fourth-order valence-electron chi connectivity index (χ4n) is 1.61. The van der Waals surface area contributed by atoms with Gasteiger partial charge in [0.1, 0.15) is 0 Å². The lowest BCUT2D eigenvalue weighted by Gasteiger charge is -2.25. The second kappa shape index (κ2) is 7.04. The van der Waals surface area contributed by atoms with Crippen LogP contribution in [0, 0.1) is 0 Å². The maximum absolute atomic E-state index is 11.6. The van der Waals surface area contributed by atoms with E-state index in [1.165, 1.54) is 6.42 Å². The first kappa shape index (κ1) is 11.8. The predicted molar refractivity (Wildman–Crippen MR) is 63.5 cm³/mol. The van der Waals surface area contributed by atoms with E-state index in [2.05, 4.69) is 6.58 Å². The van der Waals surface area contributed by atoms with Crippen LogP contribution in [0.25, 0.3) is 0 Å². The number of carbonyl (C=O) groups is 1. The largest absolute Gasteiger partial charge is 0.339 e. The summed E-state index contributed by atoms with van der Waals surface area (Å²) in [7, 11) is 0. The first-order chi connectivity index (χ1) is 7.34. The van der Waals surface area contributed by atoms with Gasteiger partial charge in [-0.1, -0.05) is 24.3 Å². The Morgan fingerprint density at radius 3 is 2.60 bits per heavy atom. The van der Waals surface area contributed by atoms with Gasteiger partial charge in [-0.3, -0.25) is 4.79 Å². The van der Waals surface area contributed by atoms with Crippen molar-refractivity contribution in [1.29, 1.82) is 0 Å². The number of amides is 1. The molecule has 0 bridgehead atoms. The first-order valence-corrected chi connectivity index (χ1v) is 5.57. The molecule has 0 spiro atoms. The van der Waals surface area contributed by atoms with Crippen molar-refractivity contribution in [1.82, 2.24) is 4.90 Å². The Morgan fingerprint density at radius 2 is 1.93 bits per heavy atom. The Kier molecular flexibility index (Phi) is 5.52. The van der Waals surface area contributed by atoms with Crippen molar-refractivity contribution >= 4 is 5.91 Å². The molecular weight excluding hydrogens is 186 g/mol. The molecule has 1 fully saturated rings. The normalized spacial score (nSPS) is 17.5. The number of rotatable bonds is 4. The summed E-state index contributed by atoms with van der Waals surface area (Å²) < 4.78 is 0. The second-order valence-electron chi connectivity index (χ2n) is 3.70. The van der Waals surface area contributed by atoms with Crippen molar-refractivity contribution in [3.05, 3.63) is 37.0 Å². The number of carbonyl (C=O) groups excluding carboxylic acids is 1. The summed E-state index contributed by atoms with van der Waals surface area (Å²) in [5.41, 5.74) is 0. The highest BCUT2D eigenvalue weighted by molar-refractivity contribution is 5.87. The smallest absolute Gasteiger partial charge is 0.246 e. The maximum Gasteiger partial charge on any atom is 0.246 e. The third-order valence-corrected chi connectivity index (χ3v) is 2.46. The summed E-state index contributed by atoms with van der Waals surface area (Å²) >= 11 is 0. The van der Waals surface area contributed by atoms with E-state index in [9.17, 15) is 4.79 Å². The van der Waals surface area contributed by atoms with E-state index in [0.29, 0.717) is 0 Å². The van der Waals surface area contributed by atoms with Gasteiger partial charge < -0.3 is 4.90 Å². The Morgan fingerprint density at radius 1 is 1.20 bits per heavy atom. The lowest BCUT2D eigenvalue weighted by molar-refractivity contribution is -0.126. The van der Waals surface area contributed by atoms with E-state index in [-0.39, 0.29) is 5.91 Å². The fourth-order valence-corrected chi connectivity index (χ4v) is 1.61. The third kappa shape index (κ3) is 4.63. The Balaban J connectivity index is 2.30. The van der Waals surface area contributed by atoms with Gasteiger partial charge in [-0.15, -0.1) is 6.58 Å². The minimum atomic E-state index is 0.137. The minimum absolute atomic E-state index is 0.137. The second-order valence-corrected chi connectivity index (χ2v) is 3.70. The molecule has 0 aromatic rings. The third-order valence-electron chi connectivity index (χ3n) is 2.46. The van der Waals surface area contributed by atoms with Crippen LogP contribution in [-0.4, -0.2) is 23.9 Å². The summed E-state index contributed by atoms with van der Waals surface area (Å²) in [6, 6.07) is 0. The molecule has 0 unspecified atom stereocenters. The molecule has 1 saturated heterocycles. The average molecular weight is 205 g/mol. The van der Waals surface area contributed by atoms with Crippen LogP contribution in [-0.2, 0) is 4.79 Å². The van der Waals surface area contributed by atoms with E-state index < -0.39 is 0 Å². The van der Waals surface area contributed by atoms with Crippen LogP contribution in [0.3, 0.4) is 0 Å². The SMILES string of the molecule is C=CC/C=C/C=C/C(=O)N1CCCCC1. The number of likely N-dealkylation sites (tertiary alicyclic amines) is 1. The predicted octanol–water partition coefficient (Wildman–Crippen LogP) is 2.69. The van der Waals surface area contributed by atoms with Crippen LogP contribution >= 0.6 is 0 Å². The summed E-state index contributed by atoms with van der Waals surface area (Å²) in [6.45, 7) is 5.45. The Bertz CT molecular complexity index is 260. The number of hydrogen-bond acceptors (Lipinski definition) is 1. The zero-order valence-corrected chi connectivity index (χ0v) is 9.19. The van der Waals surface area contributed by atoms with Gasteiger partial charge in [-0.25, -0.2) is 0 Å². The van der Waals surface area contributed by atoms with Crippen LogP contribution in [0.4, 0.5) is 0 Å². The van der Waals surface area contributed by atoms with Crippen LogP contribution in [0.15, 0.2) is 37.0 Å². The molecule has 1 aliphatic rings. The molecule has 1 amide bonds. The van der Waals surface area contributed by atoms with Gasteiger partial charge in [0.05, 0.1) is 0 Å². The Labute approximate surface area is 92.0 Å². The van der Waals surface area contributed by atoms with Crippen molar-refractivity contribution < 1.29 is 4.79 Å². The van der Waals surface area contributed by atoms with Crippen molar-refractivity contribution in [2.45, 2.75) is 25.7 Å². The molecule has 0 N–H and O–H groups in total. The molecule has 0 aliphatic carbocycles. The van der Waals surface area contributed by atoms with Crippen LogP contribution < -0.4 is 0 Å². The average Bonchev–Trinajstić information content (AvgIpc) is 2.30. The molecule has 82 valence electrons. The molecule has 0 aromatic carbocycles. The summed E-state index contributed by atoms with van der Waals surface area (Å²) in [5.74, 6) is 0.137. The summed E-state index contributed by atoms with van der Waals surface area (Å²) in [6.07, 6.45) is 13.5. The fraction of sp³-hybridized carbons (Fsp3) is 0.462. The molecule has 1 heterocycles. The molecule has 0 atom stereocenters. The van der Waals surface area contributed by atoms with Crippen molar-refractivity contribution in [2.24, 2.45) is 0 Å². The monoisotopic (exact) mass is 205 g/mol. The van der Waals surface area contributed by atoms with E-state index >= 15 is 0 Å². The summed E-state index contributed by atoms with van der Waals surface area (Å²) in [5, 5.41) is 0. The van der Waals surface area contributed by atoms with Crippen LogP contribution in [0.2, 0.25) is 0 Å². The molecule has 15 heavy (non-hydrogen) atoms. The molecule has 2 nitrogen and oxygen atoms in total. The van der Waals surface area contributed by atoms with Crippen molar-refractivity contribution in [3.63, 3.8) is 0 Å². The topological polar surface area (TPSA) is 20.3 Å². The van der Waals surface area contributed by atoms with Gasteiger partial charge in [-0.05, 0) is 25.7 Å². The van der Waals surface area contributed by atoms with Gasteiger partial charge in [0.2, 0.25) is 5.91 Å². The molecule has 1 rings (SSSR count). The van der Waals surface area contributed by atoms with Crippen molar-refractivity contribution in [3.8, 4) is 0 Å². The highest BCUT2D eigenvalue weighted by atomic mass is 16.2. The van der Waals surface area contributed by atoms with Crippen molar-refractivity contribution in [2.75, 3.05) is 13.1 Å². The van der Waals surface area contributed by atoms with Gasteiger partial charge in [0.15, 0.2) is 0 Å². The van der Waals surface area contributed by atoms with Gasteiger partial charge in [0, 0.05) is 19.2 Å². The minimum Gasteiger partial charge on any atom is -0.339 e. The highest BCUT2D eigenvalue weighted by Gasteiger charge is 2.12. The van der Waals surface area contributed by atoms with E-state index in [4.69, 9.17) is 0 Å². The van der Waals surface area contributed by atoms with Gasteiger partial charge >= 0.3 is 0 Å². The highest BCUT2D eigenvalue weighted by Crippen LogP contribution is 2.08. The molecule has 0 saturated carbocycles. The van der Waals surface area contributed by atoms with E-state index in [0.717, 1.165) is 32.4 Å². The van der Waals surface area contributed by atoms with E-state index in [1.807, 2.05) is 23.1 Å². The maximum atomic E-state index is 11.6.